The molecule has 1 unspecified atom stereocenters. The summed E-state index contributed by atoms with van der Waals surface area (Å²) in [6.07, 6.45) is -0.329. The zero-order valence-corrected chi connectivity index (χ0v) is 12.7. The molecule has 0 amide bonds. The van der Waals surface area contributed by atoms with Crippen LogP contribution in [0.3, 0.4) is 0 Å². The molecule has 1 aliphatic rings. The first-order chi connectivity index (χ1) is 9.56. The van der Waals surface area contributed by atoms with E-state index in [0.717, 1.165) is 16.5 Å². The van der Waals surface area contributed by atoms with Crippen molar-refractivity contribution in [2.45, 2.75) is 12.5 Å². The van der Waals surface area contributed by atoms with Gasteiger partial charge in [0.15, 0.2) is 0 Å². The van der Waals surface area contributed by atoms with E-state index in [9.17, 15) is 9.50 Å². The zero-order chi connectivity index (χ0) is 14.3. The summed E-state index contributed by atoms with van der Waals surface area (Å²) in [5, 5.41) is 10.9. The van der Waals surface area contributed by atoms with Crippen molar-refractivity contribution in [2.75, 3.05) is 6.61 Å². The zero-order valence-electron chi connectivity index (χ0n) is 10.4. The SMILES string of the molecule is OC(c1cc(Cl)ccc1F)c1cc(Br)cc2c1OCC2. The lowest BCUT2D eigenvalue weighted by Crippen LogP contribution is -2.05. The monoisotopic (exact) mass is 356 g/mol. The largest absolute Gasteiger partial charge is 0.493 e. The maximum atomic E-state index is 13.9. The van der Waals surface area contributed by atoms with Gasteiger partial charge in [0, 0.05) is 27.0 Å². The van der Waals surface area contributed by atoms with E-state index in [1.54, 1.807) is 6.07 Å². The van der Waals surface area contributed by atoms with Crippen LogP contribution in [0.25, 0.3) is 0 Å². The molecule has 0 bridgehead atoms. The van der Waals surface area contributed by atoms with Crippen molar-refractivity contribution in [3.63, 3.8) is 0 Å². The average molecular weight is 358 g/mol. The minimum absolute atomic E-state index is 0.147. The summed E-state index contributed by atoms with van der Waals surface area (Å²) in [5.74, 6) is 0.147. The number of benzene rings is 2. The summed E-state index contributed by atoms with van der Waals surface area (Å²) in [4.78, 5) is 0. The lowest BCUT2D eigenvalue weighted by molar-refractivity contribution is 0.208. The van der Waals surface area contributed by atoms with Gasteiger partial charge in [-0.1, -0.05) is 27.5 Å². The second-order valence-corrected chi connectivity index (χ2v) is 6.00. The normalized spacial score (nSPS) is 14.8. The van der Waals surface area contributed by atoms with E-state index < -0.39 is 11.9 Å². The standard InChI is InChI=1S/C15H11BrClFO2/c16-9-5-8-3-4-20-15(8)12(6-9)14(19)11-7-10(17)1-2-13(11)18/h1-2,5-7,14,19H,3-4H2. The van der Waals surface area contributed by atoms with Gasteiger partial charge in [0.05, 0.1) is 6.61 Å². The van der Waals surface area contributed by atoms with Gasteiger partial charge in [-0.3, -0.25) is 0 Å². The highest BCUT2D eigenvalue weighted by atomic mass is 79.9. The minimum atomic E-state index is -1.11. The highest BCUT2D eigenvalue weighted by molar-refractivity contribution is 9.10. The van der Waals surface area contributed by atoms with Gasteiger partial charge >= 0.3 is 0 Å². The topological polar surface area (TPSA) is 29.5 Å². The number of aliphatic hydroxyl groups excluding tert-OH is 1. The van der Waals surface area contributed by atoms with Crippen molar-refractivity contribution < 1.29 is 14.2 Å². The molecule has 1 N–H and O–H groups in total. The van der Waals surface area contributed by atoms with Crippen LogP contribution in [0, 0.1) is 5.82 Å². The third-order valence-electron chi connectivity index (χ3n) is 3.32. The number of hydrogen-bond donors (Lipinski definition) is 1. The molecule has 20 heavy (non-hydrogen) atoms. The summed E-state index contributed by atoms with van der Waals surface area (Å²) in [6, 6.07) is 7.83. The van der Waals surface area contributed by atoms with Gasteiger partial charge in [0.1, 0.15) is 17.7 Å². The molecule has 3 rings (SSSR count). The number of rotatable bonds is 2. The number of fused-ring (bicyclic) bond motifs is 1. The molecule has 2 aromatic rings. The van der Waals surface area contributed by atoms with Crippen LogP contribution in [0.15, 0.2) is 34.8 Å². The quantitative estimate of drug-likeness (QED) is 0.870. The Balaban J connectivity index is 2.11. The molecule has 2 aromatic carbocycles. The minimum Gasteiger partial charge on any atom is -0.493 e. The summed E-state index contributed by atoms with van der Waals surface area (Å²) in [7, 11) is 0. The Bertz CT molecular complexity index is 675. The van der Waals surface area contributed by atoms with Gasteiger partial charge in [-0.2, -0.15) is 0 Å². The second kappa shape index (κ2) is 5.35. The fourth-order valence-corrected chi connectivity index (χ4v) is 3.10. The van der Waals surface area contributed by atoms with Crippen molar-refractivity contribution in [2.24, 2.45) is 0 Å². The molecular formula is C15H11BrClFO2. The Labute approximate surface area is 129 Å². The molecule has 0 aliphatic carbocycles. The molecule has 0 spiro atoms. The van der Waals surface area contributed by atoms with Gasteiger partial charge in [0.25, 0.3) is 0 Å². The second-order valence-electron chi connectivity index (χ2n) is 4.65. The summed E-state index contributed by atoms with van der Waals surface area (Å²) in [6.45, 7) is 0.573. The van der Waals surface area contributed by atoms with Crippen LogP contribution in [0.1, 0.15) is 22.8 Å². The number of hydrogen-bond acceptors (Lipinski definition) is 2. The molecule has 104 valence electrons. The van der Waals surface area contributed by atoms with E-state index >= 15 is 0 Å². The van der Waals surface area contributed by atoms with Crippen LogP contribution >= 0.6 is 27.5 Å². The first kappa shape index (κ1) is 13.9. The fraction of sp³-hybridized carbons (Fsp3) is 0.200. The van der Waals surface area contributed by atoms with Gasteiger partial charge in [-0.05, 0) is 35.9 Å². The van der Waals surface area contributed by atoms with Crippen LogP contribution in [-0.2, 0) is 6.42 Å². The Morgan fingerprint density at radius 3 is 2.85 bits per heavy atom. The third-order valence-corrected chi connectivity index (χ3v) is 4.02. The molecule has 2 nitrogen and oxygen atoms in total. The molecule has 1 atom stereocenters. The highest BCUT2D eigenvalue weighted by Crippen LogP contribution is 2.39. The summed E-state index contributed by atoms with van der Waals surface area (Å²) in [5.41, 5.74) is 1.71. The van der Waals surface area contributed by atoms with E-state index in [-0.39, 0.29) is 5.56 Å². The first-order valence-corrected chi connectivity index (χ1v) is 7.31. The smallest absolute Gasteiger partial charge is 0.129 e. The molecule has 5 heteroatoms. The van der Waals surface area contributed by atoms with Crippen molar-refractivity contribution in [1.82, 2.24) is 0 Å². The van der Waals surface area contributed by atoms with Crippen LogP contribution in [0.4, 0.5) is 4.39 Å². The Morgan fingerprint density at radius 2 is 2.05 bits per heavy atom. The highest BCUT2D eigenvalue weighted by Gasteiger charge is 2.25. The van der Waals surface area contributed by atoms with E-state index in [0.29, 0.717) is 22.9 Å². The number of aliphatic hydroxyl groups is 1. The maximum absolute atomic E-state index is 13.9. The lowest BCUT2D eigenvalue weighted by atomic mass is 9.98. The van der Waals surface area contributed by atoms with E-state index in [1.165, 1.54) is 18.2 Å². The van der Waals surface area contributed by atoms with Crippen LogP contribution < -0.4 is 4.74 Å². The molecular weight excluding hydrogens is 347 g/mol. The summed E-state index contributed by atoms with van der Waals surface area (Å²) < 4.78 is 20.3. The number of ether oxygens (including phenoxy) is 1. The molecule has 0 aromatic heterocycles. The number of halogens is 3. The van der Waals surface area contributed by atoms with Gasteiger partial charge in [-0.15, -0.1) is 0 Å². The Hall–Kier alpha value is -1.10. The van der Waals surface area contributed by atoms with Crippen molar-refractivity contribution in [3.8, 4) is 5.75 Å². The Kier molecular flexibility index (Phi) is 3.71. The molecule has 0 radical (unpaired) electrons. The maximum Gasteiger partial charge on any atom is 0.129 e. The average Bonchev–Trinajstić information content (AvgIpc) is 2.87. The predicted molar refractivity (Wildman–Crippen MR) is 78.8 cm³/mol. The van der Waals surface area contributed by atoms with Crippen LogP contribution in [-0.4, -0.2) is 11.7 Å². The summed E-state index contributed by atoms with van der Waals surface area (Å²) >= 11 is 9.28. The molecule has 0 fully saturated rings. The molecule has 0 saturated heterocycles. The van der Waals surface area contributed by atoms with E-state index in [2.05, 4.69) is 15.9 Å². The van der Waals surface area contributed by atoms with Crippen molar-refractivity contribution in [1.29, 1.82) is 0 Å². The van der Waals surface area contributed by atoms with Gasteiger partial charge in [-0.25, -0.2) is 4.39 Å². The van der Waals surface area contributed by atoms with Gasteiger partial charge < -0.3 is 9.84 Å². The van der Waals surface area contributed by atoms with Gasteiger partial charge in [0.2, 0.25) is 0 Å². The van der Waals surface area contributed by atoms with E-state index in [1.807, 2.05) is 6.07 Å². The van der Waals surface area contributed by atoms with Crippen LogP contribution in [0.5, 0.6) is 5.75 Å². The first-order valence-electron chi connectivity index (χ1n) is 6.14. The predicted octanol–water partition coefficient (Wildman–Crippen LogP) is 4.26. The third kappa shape index (κ3) is 2.43. The lowest BCUT2D eigenvalue weighted by Gasteiger charge is -2.16. The Morgan fingerprint density at radius 1 is 1.25 bits per heavy atom. The van der Waals surface area contributed by atoms with Crippen LogP contribution in [0.2, 0.25) is 5.02 Å². The molecule has 0 saturated carbocycles. The molecule has 1 heterocycles. The molecule has 1 aliphatic heterocycles. The van der Waals surface area contributed by atoms with Crippen molar-refractivity contribution >= 4 is 27.5 Å². The van der Waals surface area contributed by atoms with Crippen molar-refractivity contribution in [3.05, 3.63) is 62.3 Å². The van der Waals surface area contributed by atoms with E-state index in [4.69, 9.17) is 16.3 Å². The fourth-order valence-electron chi connectivity index (χ4n) is 2.39.